The number of carbonyl (C=O) groups is 2. The average Bonchev–Trinajstić information content (AvgIpc) is 3.12. The first-order valence-electron chi connectivity index (χ1n) is 6.86. The zero-order valence-corrected chi connectivity index (χ0v) is 13.6. The number of benzene rings is 1. The Balaban J connectivity index is 2.12. The average molecular weight is 335 g/mol. The Bertz CT molecular complexity index is 662. The molecule has 2 aromatic rings. The van der Waals surface area contributed by atoms with Crippen molar-refractivity contribution in [2.24, 2.45) is 0 Å². The standard InChI is InChI=1S/C14H17N5O3S/c1-22-14(21)12(6-7-23-2)16-13(20)10-4-3-5-11(8-10)19-9-15-17-18-19/h3-5,8-9,12H,6-7H2,1-2H3,(H,16,20). The maximum absolute atomic E-state index is 12.4. The monoisotopic (exact) mass is 335 g/mol. The summed E-state index contributed by atoms with van der Waals surface area (Å²) >= 11 is 1.60. The summed E-state index contributed by atoms with van der Waals surface area (Å²) in [5.41, 5.74) is 1.07. The van der Waals surface area contributed by atoms with Gasteiger partial charge in [-0.05, 0) is 47.1 Å². The molecule has 1 atom stereocenters. The lowest BCUT2D eigenvalue weighted by atomic mass is 10.1. The van der Waals surface area contributed by atoms with Crippen molar-refractivity contribution >= 4 is 23.6 Å². The molecule has 0 radical (unpaired) electrons. The van der Waals surface area contributed by atoms with Gasteiger partial charge in [-0.1, -0.05) is 6.07 Å². The zero-order valence-electron chi connectivity index (χ0n) is 12.8. The van der Waals surface area contributed by atoms with Crippen LogP contribution in [-0.2, 0) is 9.53 Å². The van der Waals surface area contributed by atoms with Gasteiger partial charge in [-0.15, -0.1) is 5.10 Å². The number of ether oxygens (including phenoxy) is 1. The zero-order chi connectivity index (χ0) is 16.7. The van der Waals surface area contributed by atoms with E-state index in [1.54, 1.807) is 36.0 Å². The molecule has 23 heavy (non-hydrogen) atoms. The summed E-state index contributed by atoms with van der Waals surface area (Å²) in [6.07, 6.45) is 3.88. The van der Waals surface area contributed by atoms with Crippen LogP contribution in [0.25, 0.3) is 5.69 Å². The molecule has 8 nitrogen and oxygen atoms in total. The van der Waals surface area contributed by atoms with Crippen molar-refractivity contribution < 1.29 is 14.3 Å². The van der Waals surface area contributed by atoms with Gasteiger partial charge >= 0.3 is 5.97 Å². The molecule has 1 aromatic carbocycles. The number of tetrazole rings is 1. The fourth-order valence-electron chi connectivity index (χ4n) is 1.94. The summed E-state index contributed by atoms with van der Waals surface area (Å²) in [5.74, 6) is -0.0643. The van der Waals surface area contributed by atoms with Gasteiger partial charge in [0.15, 0.2) is 0 Å². The van der Waals surface area contributed by atoms with E-state index in [1.807, 2.05) is 6.26 Å². The number of hydrogen-bond acceptors (Lipinski definition) is 7. The lowest BCUT2D eigenvalue weighted by Crippen LogP contribution is -2.42. The quantitative estimate of drug-likeness (QED) is 0.743. The van der Waals surface area contributed by atoms with Crippen LogP contribution in [0.1, 0.15) is 16.8 Å². The fraction of sp³-hybridized carbons (Fsp3) is 0.357. The number of aromatic nitrogens is 4. The molecule has 1 heterocycles. The van der Waals surface area contributed by atoms with Crippen LogP contribution >= 0.6 is 11.8 Å². The number of methoxy groups -OCH3 is 1. The molecule has 1 unspecified atom stereocenters. The molecule has 0 aliphatic carbocycles. The molecule has 1 N–H and O–H groups in total. The highest BCUT2D eigenvalue weighted by molar-refractivity contribution is 7.98. The van der Waals surface area contributed by atoms with Gasteiger partial charge in [0.2, 0.25) is 0 Å². The Morgan fingerprint density at radius 2 is 2.26 bits per heavy atom. The summed E-state index contributed by atoms with van der Waals surface area (Å²) in [4.78, 5) is 24.1. The molecule has 0 aliphatic rings. The number of rotatable bonds is 7. The van der Waals surface area contributed by atoms with Crippen LogP contribution in [0.2, 0.25) is 0 Å². The molecule has 9 heteroatoms. The van der Waals surface area contributed by atoms with Gasteiger partial charge < -0.3 is 10.1 Å². The minimum atomic E-state index is -0.670. The molecular weight excluding hydrogens is 318 g/mol. The number of carbonyl (C=O) groups excluding carboxylic acids is 2. The van der Waals surface area contributed by atoms with E-state index in [0.29, 0.717) is 17.7 Å². The summed E-state index contributed by atoms with van der Waals surface area (Å²) in [7, 11) is 1.30. The smallest absolute Gasteiger partial charge is 0.328 e. The van der Waals surface area contributed by atoms with Gasteiger partial charge in [0, 0.05) is 5.56 Å². The lowest BCUT2D eigenvalue weighted by Gasteiger charge is -2.16. The first-order valence-corrected chi connectivity index (χ1v) is 8.26. The largest absolute Gasteiger partial charge is 0.467 e. The maximum atomic E-state index is 12.4. The molecular formula is C14H17N5O3S. The number of hydrogen-bond donors (Lipinski definition) is 1. The molecule has 122 valence electrons. The Hall–Kier alpha value is -2.42. The van der Waals surface area contributed by atoms with E-state index in [1.165, 1.54) is 18.1 Å². The molecule has 0 spiro atoms. The van der Waals surface area contributed by atoms with Crippen molar-refractivity contribution in [1.82, 2.24) is 25.5 Å². The van der Waals surface area contributed by atoms with Gasteiger partial charge in [0.25, 0.3) is 5.91 Å². The number of nitrogens with one attached hydrogen (secondary N) is 1. The molecule has 0 bridgehead atoms. The Morgan fingerprint density at radius 1 is 1.43 bits per heavy atom. The number of amides is 1. The van der Waals surface area contributed by atoms with E-state index in [0.717, 1.165) is 5.75 Å². The third-order valence-electron chi connectivity index (χ3n) is 3.12. The summed E-state index contributed by atoms with van der Waals surface area (Å²) in [5, 5.41) is 13.6. The van der Waals surface area contributed by atoms with E-state index in [9.17, 15) is 9.59 Å². The van der Waals surface area contributed by atoms with E-state index in [4.69, 9.17) is 4.74 Å². The minimum absolute atomic E-state index is 0.351. The van der Waals surface area contributed by atoms with Crippen LogP contribution in [0.4, 0.5) is 0 Å². The summed E-state index contributed by atoms with van der Waals surface area (Å²) in [6.45, 7) is 0. The molecule has 2 rings (SSSR count). The van der Waals surface area contributed by atoms with Crippen molar-refractivity contribution in [3.8, 4) is 5.69 Å². The third kappa shape index (κ3) is 4.52. The maximum Gasteiger partial charge on any atom is 0.328 e. The second-order valence-corrected chi connectivity index (χ2v) is 5.62. The van der Waals surface area contributed by atoms with Gasteiger partial charge in [0.05, 0.1) is 12.8 Å². The van der Waals surface area contributed by atoms with Gasteiger partial charge in [-0.25, -0.2) is 9.48 Å². The van der Waals surface area contributed by atoms with Crippen LogP contribution in [0.3, 0.4) is 0 Å². The van der Waals surface area contributed by atoms with E-state index < -0.39 is 12.0 Å². The molecule has 0 fully saturated rings. The SMILES string of the molecule is COC(=O)C(CCSC)NC(=O)c1cccc(-n2cnnn2)c1. The topological polar surface area (TPSA) is 99.0 Å². The Morgan fingerprint density at radius 3 is 2.91 bits per heavy atom. The molecule has 1 aromatic heterocycles. The summed E-state index contributed by atoms with van der Waals surface area (Å²) < 4.78 is 6.18. The number of thioether (sulfide) groups is 1. The van der Waals surface area contributed by atoms with E-state index in [-0.39, 0.29) is 5.91 Å². The van der Waals surface area contributed by atoms with Crippen molar-refractivity contribution in [3.63, 3.8) is 0 Å². The highest BCUT2D eigenvalue weighted by Gasteiger charge is 2.21. The van der Waals surface area contributed by atoms with Crippen LogP contribution in [-0.4, -0.2) is 57.2 Å². The number of nitrogens with zero attached hydrogens (tertiary/aromatic N) is 4. The van der Waals surface area contributed by atoms with E-state index in [2.05, 4.69) is 20.8 Å². The van der Waals surface area contributed by atoms with Crippen molar-refractivity contribution in [2.75, 3.05) is 19.1 Å². The highest BCUT2D eigenvalue weighted by Crippen LogP contribution is 2.10. The lowest BCUT2D eigenvalue weighted by molar-refractivity contribution is -0.142. The fourth-order valence-corrected chi connectivity index (χ4v) is 2.41. The van der Waals surface area contributed by atoms with E-state index >= 15 is 0 Å². The van der Waals surface area contributed by atoms with Crippen molar-refractivity contribution in [2.45, 2.75) is 12.5 Å². The molecule has 0 saturated heterocycles. The molecule has 0 saturated carbocycles. The first-order chi connectivity index (χ1) is 11.2. The minimum Gasteiger partial charge on any atom is -0.467 e. The molecule has 0 aliphatic heterocycles. The second kappa shape index (κ2) is 8.28. The van der Waals surface area contributed by atoms with Crippen LogP contribution in [0, 0.1) is 0 Å². The number of esters is 1. The normalized spacial score (nSPS) is 11.7. The third-order valence-corrected chi connectivity index (χ3v) is 3.77. The predicted octanol–water partition coefficient (Wildman–Crippen LogP) is 0.687. The van der Waals surface area contributed by atoms with Crippen LogP contribution in [0.5, 0.6) is 0 Å². The second-order valence-electron chi connectivity index (χ2n) is 4.64. The van der Waals surface area contributed by atoms with Crippen LogP contribution in [0.15, 0.2) is 30.6 Å². The van der Waals surface area contributed by atoms with Gasteiger partial charge in [-0.2, -0.15) is 11.8 Å². The van der Waals surface area contributed by atoms with Crippen LogP contribution < -0.4 is 5.32 Å². The molecule has 1 amide bonds. The predicted molar refractivity (Wildman–Crippen MR) is 85.4 cm³/mol. The Labute approximate surface area is 137 Å². The highest BCUT2D eigenvalue weighted by atomic mass is 32.2. The van der Waals surface area contributed by atoms with Crippen molar-refractivity contribution in [3.05, 3.63) is 36.2 Å². The van der Waals surface area contributed by atoms with Crippen molar-refractivity contribution in [1.29, 1.82) is 0 Å². The Kier molecular flexibility index (Phi) is 6.10. The van der Waals surface area contributed by atoms with Gasteiger partial charge in [0.1, 0.15) is 12.4 Å². The summed E-state index contributed by atoms with van der Waals surface area (Å²) in [6, 6.07) is 6.14. The first kappa shape index (κ1) is 16.9. The van der Waals surface area contributed by atoms with Gasteiger partial charge in [-0.3, -0.25) is 4.79 Å².